The monoisotopic (exact) mass is 353 g/mol. The quantitative estimate of drug-likeness (QED) is 0.761. The Kier molecular flexibility index (Phi) is 7.21. The molecule has 26 heavy (non-hydrogen) atoms. The summed E-state index contributed by atoms with van der Waals surface area (Å²) in [5, 5.41) is 5.98. The SMILES string of the molecule is CCCNC(=O)c1cccc(NCC(=O)N(c2ccccc2)C(C)C)c1. The van der Waals surface area contributed by atoms with Gasteiger partial charge in [-0.25, -0.2) is 0 Å². The van der Waals surface area contributed by atoms with E-state index < -0.39 is 0 Å². The third-order valence-electron chi connectivity index (χ3n) is 3.92. The minimum absolute atomic E-state index is 0.0213. The first-order chi connectivity index (χ1) is 12.5. The molecule has 2 amide bonds. The molecule has 0 radical (unpaired) electrons. The zero-order valence-corrected chi connectivity index (χ0v) is 15.7. The Balaban J connectivity index is 2.03. The van der Waals surface area contributed by atoms with Crippen LogP contribution in [0.2, 0.25) is 0 Å². The first-order valence-corrected chi connectivity index (χ1v) is 9.02. The Morgan fingerprint density at radius 2 is 1.77 bits per heavy atom. The van der Waals surface area contributed by atoms with Crippen LogP contribution in [0.4, 0.5) is 11.4 Å². The molecule has 2 N–H and O–H groups in total. The lowest BCUT2D eigenvalue weighted by atomic mass is 10.2. The fourth-order valence-electron chi connectivity index (χ4n) is 2.69. The maximum Gasteiger partial charge on any atom is 0.251 e. The molecule has 0 heterocycles. The number of anilines is 2. The predicted molar refractivity (Wildman–Crippen MR) is 107 cm³/mol. The van der Waals surface area contributed by atoms with E-state index in [0.29, 0.717) is 12.1 Å². The standard InChI is InChI=1S/C21H27N3O2/c1-4-13-22-21(26)17-9-8-10-18(14-17)23-15-20(25)24(16(2)3)19-11-6-5-7-12-19/h5-12,14,16,23H,4,13,15H2,1-3H3,(H,22,26). The molecule has 0 unspecified atom stereocenters. The summed E-state index contributed by atoms with van der Waals surface area (Å²) >= 11 is 0. The number of nitrogens with one attached hydrogen (secondary N) is 2. The smallest absolute Gasteiger partial charge is 0.251 e. The molecular formula is C21H27N3O2. The first kappa shape index (κ1) is 19.5. The van der Waals surface area contributed by atoms with E-state index in [1.165, 1.54) is 0 Å². The number of nitrogens with zero attached hydrogens (tertiary/aromatic N) is 1. The van der Waals surface area contributed by atoms with Gasteiger partial charge in [0, 0.05) is 29.5 Å². The van der Waals surface area contributed by atoms with Gasteiger partial charge in [-0.05, 0) is 50.6 Å². The van der Waals surface area contributed by atoms with Crippen molar-refractivity contribution in [2.45, 2.75) is 33.2 Å². The van der Waals surface area contributed by atoms with Gasteiger partial charge in [0.2, 0.25) is 5.91 Å². The molecule has 5 heteroatoms. The summed E-state index contributed by atoms with van der Waals surface area (Å²) in [5.74, 6) is -0.123. The van der Waals surface area contributed by atoms with Crippen LogP contribution in [0.3, 0.4) is 0 Å². The van der Waals surface area contributed by atoms with Gasteiger partial charge in [-0.2, -0.15) is 0 Å². The molecule has 0 aliphatic rings. The molecule has 0 saturated heterocycles. The fraction of sp³-hybridized carbons (Fsp3) is 0.333. The minimum Gasteiger partial charge on any atom is -0.376 e. The Morgan fingerprint density at radius 1 is 1.04 bits per heavy atom. The maximum atomic E-state index is 12.7. The van der Waals surface area contributed by atoms with Crippen molar-refractivity contribution in [3.05, 3.63) is 60.2 Å². The van der Waals surface area contributed by atoms with Crippen molar-refractivity contribution in [2.24, 2.45) is 0 Å². The van der Waals surface area contributed by atoms with Crippen LogP contribution in [0.5, 0.6) is 0 Å². The second-order valence-electron chi connectivity index (χ2n) is 6.38. The van der Waals surface area contributed by atoms with E-state index in [0.717, 1.165) is 17.8 Å². The second-order valence-corrected chi connectivity index (χ2v) is 6.38. The van der Waals surface area contributed by atoms with Gasteiger partial charge in [0.15, 0.2) is 0 Å². The molecule has 5 nitrogen and oxygen atoms in total. The van der Waals surface area contributed by atoms with E-state index in [4.69, 9.17) is 0 Å². The van der Waals surface area contributed by atoms with Crippen molar-refractivity contribution in [1.82, 2.24) is 5.32 Å². The lowest BCUT2D eigenvalue weighted by Gasteiger charge is -2.27. The zero-order valence-electron chi connectivity index (χ0n) is 15.7. The van der Waals surface area contributed by atoms with Crippen molar-refractivity contribution in [1.29, 1.82) is 0 Å². The Morgan fingerprint density at radius 3 is 2.42 bits per heavy atom. The molecule has 0 spiro atoms. The zero-order chi connectivity index (χ0) is 18.9. The molecule has 0 aliphatic heterocycles. The topological polar surface area (TPSA) is 61.4 Å². The highest BCUT2D eigenvalue weighted by atomic mass is 16.2. The van der Waals surface area contributed by atoms with Crippen molar-refractivity contribution in [3.63, 3.8) is 0 Å². The van der Waals surface area contributed by atoms with Gasteiger partial charge >= 0.3 is 0 Å². The molecule has 0 fully saturated rings. The van der Waals surface area contributed by atoms with Crippen molar-refractivity contribution < 1.29 is 9.59 Å². The minimum atomic E-state index is -0.102. The highest BCUT2D eigenvalue weighted by Crippen LogP contribution is 2.17. The number of hydrogen-bond donors (Lipinski definition) is 2. The van der Waals surface area contributed by atoms with Crippen molar-refractivity contribution in [3.8, 4) is 0 Å². The molecule has 2 aromatic carbocycles. The van der Waals surface area contributed by atoms with E-state index >= 15 is 0 Å². The molecule has 2 aromatic rings. The average molecular weight is 353 g/mol. The summed E-state index contributed by atoms with van der Waals surface area (Å²) in [6.45, 7) is 6.80. The van der Waals surface area contributed by atoms with E-state index in [-0.39, 0.29) is 24.4 Å². The average Bonchev–Trinajstić information content (AvgIpc) is 2.65. The van der Waals surface area contributed by atoms with Crippen molar-refractivity contribution in [2.75, 3.05) is 23.3 Å². The number of benzene rings is 2. The van der Waals surface area contributed by atoms with Crippen LogP contribution in [0.1, 0.15) is 37.6 Å². The molecule has 0 atom stereocenters. The van der Waals surface area contributed by atoms with Crippen LogP contribution in [-0.4, -0.2) is 30.9 Å². The molecule has 0 aromatic heterocycles. The lowest BCUT2D eigenvalue weighted by molar-refractivity contribution is -0.117. The van der Waals surface area contributed by atoms with Gasteiger partial charge in [-0.3, -0.25) is 9.59 Å². The van der Waals surface area contributed by atoms with E-state index in [2.05, 4.69) is 10.6 Å². The molecule has 0 saturated carbocycles. The van der Waals surface area contributed by atoms with Gasteiger partial charge in [0.1, 0.15) is 0 Å². The fourth-order valence-corrected chi connectivity index (χ4v) is 2.69. The van der Waals surface area contributed by atoms with Gasteiger partial charge in [0.25, 0.3) is 5.91 Å². The van der Waals surface area contributed by atoms with E-state index in [9.17, 15) is 9.59 Å². The number of amides is 2. The predicted octanol–water partition coefficient (Wildman–Crippen LogP) is 3.68. The number of carbonyl (C=O) groups is 2. The molecular weight excluding hydrogens is 326 g/mol. The van der Waals surface area contributed by atoms with Gasteiger partial charge in [0.05, 0.1) is 6.54 Å². The Hall–Kier alpha value is -2.82. The van der Waals surface area contributed by atoms with Crippen LogP contribution in [0.25, 0.3) is 0 Å². The van der Waals surface area contributed by atoms with Crippen LogP contribution >= 0.6 is 0 Å². The van der Waals surface area contributed by atoms with Crippen LogP contribution in [0, 0.1) is 0 Å². The molecule has 2 rings (SSSR count). The summed E-state index contributed by atoms with van der Waals surface area (Å²) in [4.78, 5) is 26.5. The van der Waals surface area contributed by atoms with Crippen LogP contribution in [0.15, 0.2) is 54.6 Å². The second kappa shape index (κ2) is 9.61. The number of rotatable bonds is 8. The number of carbonyl (C=O) groups excluding carboxylic acids is 2. The summed E-state index contributed by atoms with van der Waals surface area (Å²) in [5.41, 5.74) is 2.21. The number of hydrogen-bond acceptors (Lipinski definition) is 3. The molecule has 138 valence electrons. The largest absolute Gasteiger partial charge is 0.376 e. The van der Waals surface area contributed by atoms with E-state index in [1.54, 1.807) is 17.0 Å². The summed E-state index contributed by atoms with van der Waals surface area (Å²) < 4.78 is 0. The lowest BCUT2D eigenvalue weighted by Crippen LogP contribution is -2.40. The van der Waals surface area contributed by atoms with Gasteiger partial charge in [-0.1, -0.05) is 31.2 Å². The Bertz CT molecular complexity index is 729. The van der Waals surface area contributed by atoms with Gasteiger partial charge < -0.3 is 15.5 Å². The third kappa shape index (κ3) is 5.34. The first-order valence-electron chi connectivity index (χ1n) is 9.02. The highest BCUT2D eigenvalue weighted by molar-refractivity contribution is 5.97. The summed E-state index contributed by atoms with van der Waals surface area (Å²) in [6, 6.07) is 16.9. The van der Waals surface area contributed by atoms with Crippen molar-refractivity contribution >= 4 is 23.2 Å². The normalized spacial score (nSPS) is 10.5. The molecule has 0 aliphatic carbocycles. The maximum absolute atomic E-state index is 12.7. The third-order valence-corrected chi connectivity index (χ3v) is 3.92. The van der Waals surface area contributed by atoms with E-state index in [1.807, 2.05) is 63.2 Å². The summed E-state index contributed by atoms with van der Waals surface area (Å²) in [6.07, 6.45) is 0.892. The highest BCUT2D eigenvalue weighted by Gasteiger charge is 2.18. The number of para-hydroxylation sites is 1. The summed E-state index contributed by atoms with van der Waals surface area (Å²) in [7, 11) is 0. The molecule has 0 bridgehead atoms. The Labute approximate surface area is 155 Å². The van der Waals surface area contributed by atoms with Crippen LogP contribution in [-0.2, 0) is 4.79 Å². The van der Waals surface area contributed by atoms with Crippen LogP contribution < -0.4 is 15.5 Å². The van der Waals surface area contributed by atoms with Gasteiger partial charge in [-0.15, -0.1) is 0 Å².